The van der Waals surface area contributed by atoms with E-state index in [9.17, 15) is 13.2 Å². The minimum Gasteiger partial charge on any atom is -0.400 e. The highest BCUT2D eigenvalue weighted by molar-refractivity contribution is 6.34. The lowest BCUT2D eigenvalue weighted by Gasteiger charge is -2.10. The normalized spacial score (nSPS) is 10.8. The Morgan fingerprint density at radius 3 is 1.88 bits per heavy atom. The van der Waals surface area contributed by atoms with Gasteiger partial charge in [-0.05, 0) is 28.3 Å². The summed E-state index contributed by atoms with van der Waals surface area (Å²) in [5.41, 5.74) is 2.02. The molecule has 2 N–H and O–H groups in total. The van der Waals surface area contributed by atoms with E-state index in [2.05, 4.69) is 5.43 Å². The Morgan fingerprint density at radius 2 is 1.56 bits per heavy atom. The maximum absolute atomic E-state index is 12.1. The molecular weight excluding hydrogens is 268 g/mol. The van der Waals surface area contributed by atoms with Gasteiger partial charge in [-0.3, -0.25) is 5.43 Å². The first-order valence-electron chi connectivity index (χ1n) is 3.90. The van der Waals surface area contributed by atoms with Crippen LogP contribution in [0.4, 0.5) is 18.9 Å². The first-order valence-corrected chi connectivity index (χ1v) is 4.57. The smallest absolute Gasteiger partial charge is 0.400 e. The van der Waals surface area contributed by atoms with Crippen molar-refractivity contribution in [1.29, 1.82) is 0 Å². The SMILES string of the molecule is CO.FC(F)(F)c1ccc(NN(Cl)Cl)cc1. The minimum absolute atomic E-state index is 0.364. The molecule has 1 aromatic carbocycles. The molecule has 1 rings (SSSR count). The second-order valence-electron chi connectivity index (χ2n) is 2.42. The van der Waals surface area contributed by atoms with Crippen molar-refractivity contribution in [1.82, 2.24) is 4.05 Å². The van der Waals surface area contributed by atoms with Crippen molar-refractivity contribution in [3.05, 3.63) is 29.8 Å². The highest BCUT2D eigenvalue weighted by atomic mass is 35.5. The summed E-state index contributed by atoms with van der Waals surface area (Å²) in [7, 11) is 1.00. The highest BCUT2D eigenvalue weighted by Gasteiger charge is 2.29. The molecule has 0 atom stereocenters. The maximum atomic E-state index is 12.1. The van der Waals surface area contributed by atoms with Gasteiger partial charge in [-0.2, -0.15) is 13.2 Å². The maximum Gasteiger partial charge on any atom is 0.416 e. The van der Waals surface area contributed by atoms with Gasteiger partial charge in [-0.25, -0.2) is 0 Å². The molecule has 0 heterocycles. The van der Waals surface area contributed by atoms with Gasteiger partial charge in [0.2, 0.25) is 0 Å². The van der Waals surface area contributed by atoms with E-state index in [0.29, 0.717) is 9.73 Å². The molecule has 0 aliphatic heterocycles. The fourth-order valence-corrected chi connectivity index (χ4v) is 1.03. The molecule has 1 aromatic rings. The van der Waals surface area contributed by atoms with Gasteiger partial charge in [-0.15, -0.1) is 0 Å². The molecule has 92 valence electrons. The molecule has 3 nitrogen and oxygen atoms in total. The van der Waals surface area contributed by atoms with Crippen molar-refractivity contribution < 1.29 is 18.3 Å². The summed E-state index contributed by atoms with van der Waals surface area (Å²) in [6, 6.07) is 4.31. The molecule has 0 unspecified atom stereocenters. The van der Waals surface area contributed by atoms with E-state index in [-0.39, 0.29) is 0 Å². The predicted octanol–water partition coefficient (Wildman–Crippen LogP) is 3.25. The molecule has 0 aromatic heterocycles. The van der Waals surface area contributed by atoms with Crippen LogP contribution < -0.4 is 5.43 Å². The van der Waals surface area contributed by atoms with Crippen molar-refractivity contribution in [2.24, 2.45) is 0 Å². The lowest BCUT2D eigenvalue weighted by molar-refractivity contribution is -0.137. The largest absolute Gasteiger partial charge is 0.416 e. The second-order valence-corrected chi connectivity index (χ2v) is 3.27. The van der Waals surface area contributed by atoms with Crippen LogP contribution in [0.1, 0.15) is 5.56 Å². The number of nitrogens with one attached hydrogen (secondary N) is 1. The van der Waals surface area contributed by atoms with Gasteiger partial charge in [0.1, 0.15) is 0 Å². The molecule has 0 fully saturated rings. The van der Waals surface area contributed by atoms with Gasteiger partial charge in [0.25, 0.3) is 0 Å². The zero-order valence-electron chi connectivity index (χ0n) is 8.09. The van der Waals surface area contributed by atoms with Crippen molar-refractivity contribution in [3.8, 4) is 0 Å². The first kappa shape index (κ1) is 15.3. The quantitative estimate of drug-likeness (QED) is 0.643. The van der Waals surface area contributed by atoms with E-state index >= 15 is 0 Å². The average Bonchev–Trinajstić information content (AvgIpc) is 2.19. The summed E-state index contributed by atoms with van der Waals surface area (Å²) >= 11 is 10.4. The van der Waals surface area contributed by atoms with Gasteiger partial charge in [0.15, 0.2) is 0 Å². The molecule has 0 aliphatic rings. The summed E-state index contributed by atoms with van der Waals surface area (Å²) in [5.74, 6) is 0. The molecule has 0 amide bonds. The summed E-state index contributed by atoms with van der Waals surface area (Å²) in [4.78, 5) is 0. The molecule has 16 heavy (non-hydrogen) atoms. The number of hydrogen-bond donors (Lipinski definition) is 2. The summed E-state index contributed by atoms with van der Waals surface area (Å²) < 4.78 is 36.9. The van der Waals surface area contributed by atoms with Gasteiger partial charge < -0.3 is 5.11 Å². The zero-order chi connectivity index (χ0) is 12.8. The van der Waals surface area contributed by atoms with Crippen LogP contribution in [0.15, 0.2) is 24.3 Å². The number of aliphatic hydroxyl groups is 1. The van der Waals surface area contributed by atoms with E-state index in [0.717, 1.165) is 19.2 Å². The monoisotopic (exact) mass is 276 g/mol. The van der Waals surface area contributed by atoms with E-state index in [1.54, 1.807) is 0 Å². The standard InChI is InChI=1S/C7H5Cl2F3N2.CH4O/c8-14(9)13-6-3-1-5(2-4-6)7(10,11)12;1-2/h1-4,13H;2H,1H3. The highest BCUT2D eigenvalue weighted by Crippen LogP contribution is 2.29. The van der Waals surface area contributed by atoms with E-state index in [1.165, 1.54) is 12.1 Å². The Hall–Kier alpha value is -0.690. The number of benzene rings is 1. The van der Waals surface area contributed by atoms with Crippen LogP contribution >= 0.6 is 23.6 Å². The van der Waals surface area contributed by atoms with Gasteiger partial charge in [-0.1, -0.05) is 0 Å². The Labute approximate surface area is 101 Å². The number of anilines is 1. The second kappa shape index (κ2) is 6.80. The Bertz CT molecular complexity index is 303. The molecule has 8 heteroatoms. The molecule has 0 radical (unpaired) electrons. The third-order valence-electron chi connectivity index (χ3n) is 1.43. The van der Waals surface area contributed by atoms with E-state index < -0.39 is 11.7 Å². The number of hydrazine groups is 1. The van der Waals surface area contributed by atoms with Crippen molar-refractivity contribution >= 4 is 29.2 Å². The third kappa shape index (κ3) is 5.41. The topological polar surface area (TPSA) is 35.5 Å². The Kier molecular flexibility index (Phi) is 6.51. The van der Waals surface area contributed by atoms with Crippen LogP contribution in [0.3, 0.4) is 0 Å². The summed E-state index contributed by atoms with van der Waals surface area (Å²) in [6.07, 6.45) is -4.33. The van der Waals surface area contributed by atoms with Gasteiger partial charge >= 0.3 is 6.18 Å². The van der Waals surface area contributed by atoms with Gasteiger partial charge in [0, 0.05) is 30.7 Å². The number of halogens is 5. The first-order chi connectivity index (χ1) is 7.39. The Balaban J connectivity index is 0.00000106. The van der Waals surface area contributed by atoms with Crippen molar-refractivity contribution in [3.63, 3.8) is 0 Å². The van der Waals surface area contributed by atoms with Crippen LogP contribution in [0, 0.1) is 0 Å². The van der Waals surface area contributed by atoms with Crippen LogP contribution in [0.5, 0.6) is 0 Å². The summed E-state index contributed by atoms with van der Waals surface area (Å²) in [5, 5.41) is 7.00. The number of nitrogens with zero attached hydrogens (tertiary/aromatic N) is 1. The van der Waals surface area contributed by atoms with Crippen molar-refractivity contribution in [2.75, 3.05) is 12.5 Å². The fourth-order valence-electron chi connectivity index (χ4n) is 0.831. The van der Waals surface area contributed by atoms with Crippen molar-refractivity contribution in [2.45, 2.75) is 6.18 Å². The molecule has 0 saturated carbocycles. The molecular formula is C8H9Cl2F3N2O. The molecule has 0 bridgehead atoms. The zero-order valence-corrected chi connectivity index (χ0v) is 9.61. The lowest BCUT2D eigenvalue weighted by Crippen LogP contribution is -2.08. The number of aliphatic hydroxyl groups excluding tert-OH is 1. The van der Waals surface area contributed by atoms with Crippen LogP contribution in [0.2, 0.25) is 0 Å². The van der Waals surface area contributed by atoms with Crippen LogP contribution in [-0.4, -0.2) is 16.3 Å². The summed E-state index contributed by atoms with van der Waals surface area (Å²) in [6.45, 7) is 0. The Morgan fingerprint density at radius 1 is 1.12 bits per heavy atom. The molecule has 0 spiro atoms. The average molecular weight is 277 g/mol. The lowest BCUT2D eigenvalue weighted by atomic mass is 10.2. The van der Waals surface area contributed by atoms with E-state index in [1.807, 2.05) is 0 Å². The number of rotatable bonds is 2. The number of hydrogen-bond acceptors (Lipinski definition) is 3. The van der Waals surface area contributed by atoms with E-state index in [4.69, 9.17) is 28.7 Å². The van der Waals surface area contributed by atoms with Gasteiger partial charge in [0.05, 0.1) is 11.3 Å². The molecule has 0 aliphatic carbocycles. The minimum atomic E-state index is -4.33. The van der Waals surface area contributed by atoms with Crippen LogP contribution in [0.25, 0.3) is 0 Å². The third-order valence-corrected chi connectivity index (χ3v) is 1.59. The number of alkyl halides is 3. The predicted molar refractivity (Wildman–Crippen MR) is 56.8 cm³/mol. The molecule has 0 saturated heterocycles. The fraction of sp³-hybridized carbons (Fsp3) is 0.250. The van der Waals surface area contributed by atoms with Crippen LogP contribution in [-0.2, 0) is 6.18 Å².